The monoisotopic (exact) mass is 316 g/mol. The molecular formula is C16H32N2O4. The van der Waals surface area contributed by atoms with Crippen molar-refractivity contribution in [2.45, 2.75) is 84.5 Å². The molecule has 0 saturated carbocycles. The first-order chi connectivity index (χ1) is 10.6. The number of carbonyl (C=O) groups is 2. The summed E-state index contributed by atoms with van der Waals surface area (Å²) in [6, 6.07) is -0.909. The lowest BCUT2D eigenvalue weighted by atomic mass is 10.1. The highest BCUT2D eigenvalue weighted by Gasteiger charge is 2.16. The van der Waals surface area contributed by atoms with E-state index < -0.39 is 12.0 Å². The van der Waals surface area contributed by atoms with Crippen LogP contribution in [-0.4, -0.2) is 23.8 Å². The summed E-state index contributed by atoms with van der Waals surface area (Å²) >= 11 is 0. The zero-order valence-corrected chi connectivity index (χ0v) is 14.1. The predicted octanol–water partition coefficient (Wildman–Crippen LogP) is 4.09. The van der Waals surface area contributed by atoms with Gasteiger partial charge in [0.1, 0.15) is 0 Å². The average molecular weight is 316 g/mol. The van der Waals surface area contributed by atoms with Crippen molar-refractivity contribution in [3.05, 3.63) is 0 Å². The summed E-state index contributed by atoms with van der Waals surface area (Å²) in [7, 11) is 0. The molecule has 0 aliphatic heterocycles. The van der Waals surface area contributed by atoms with Crippen molar-refractivity contribution in [2.75, 3.05) is 6.61 Å². The summed E-state index contributed by atoms with van der Waals surface area (Å²) < 4.78 is 0. The van der Waals surface area contributed by atoms with Crippen LogP contribution in [0.3, 0.4) is 0 Å². The maximum Gasteiger partial charge on any atom is 0.374 e. The van der Waals surface area contributed by atoms with E-state index >= 15 is 0 Å². The normalized spacial score (nSPS) is 10.5. The third-order valence-corrected chi connectivity index (χ3v) is 3.31. The van der Waals surface area contributed by atoms with Crippen LogP contribution in [0.1, 0.15) is 84.5 Å². The first-order valence-corrected chi connectivity index (χ1v) is 8.55. The molecule has 0 spiro atoms. The summed E-state index contributed by atoms with van der Waals surface area (Å²) in [6.07, 6.45) is 10.8. The fraction of sp³-hybridized carbons (Fsp3) is 0.875. The molecule has 6 heteroatoms. The van der Waals surface area contributed by atoms with Gasteiger partial charge in [0.25, 0.3) is 0 Å². The number of unbranched alkanes of at least 4 members (excludes halogenated alkanes) is 8. The highest BCUT2D eigenvalue weighted by atomic mass is 17.0. The van der Waals surface area contributed by atoms with Crippen LogP contribution in [0.4, 0.5) is 4.79 Å². The zero-order chi connectivity index (χ0) is 16.6. The third kappa shape index (κ3) is 12.4. The van der Waals surface area contributed by atoms with Crippen LogP contribution in [0, 0.1) is 0 Å². The average Bonchev–Trinajstić information content (AvgIpc) is 2.49. The number of hydrogen-bond acceptors (Lipinski definition) is 4. The first-order valence-electron chi connectivity index (χ1n) is 8.55. The van der Waals surface area contributed by atoms with E-state index in [0.29, 0.717) is 11.8 Å². The molecule has 0 aliphatic carbocycles. The smallest absolute Gasteiger partial charge is 0.347 e. The molecule has 2 amide bonds. The Hall–Kier alpha value is -1.30. The third-order valence-electron chi connectivity index (χ3n) is 3.31. The molecular weight excluding hydrogens is 284 g/mol. The Morgan fingerprint density at radius 3 is 1.95 bits per heavy atom. The molecule has 130 valence electrons. The number of urea groups is 1. The number of primary amides is 1. The largest absolute Gasteiger partial charge is 0.374 e. The van der Waals surface area contributed by atoms with Gasteiger partial charge in [-0.25, -0.2) is 14.4 Å². The van der Waals surface area contributed by atoms with Gasteiger partial charge in [-0.1, -0.05) is 65.2 Å². The second-order valence-electron chi connectivity index (χ2n) is 5.47. The van der Waals surface area contributed by atoms with E-state index in [2.05, 4.69) is 13.8 Å². The maximum atomic E-state index is 11.6. The minimum absolute atomic E-state index is 0.271. The Kier molecular flexibility index (Phi) is 13.8. The van der Waals surface area contributed by atoms with Crippen LogP contribution in [0.15, 0.2) is 0 Å². The molecule has 2 N–H and O–H groups in total. The summed E-state index contributed by atoms with van der Waals surface area (Å²) in [5.74, 6) is -0.485. The molecule has 0 fully saturated rings. The van der Waals surface area contributed by atoms with Crippen molar-refractivity contribution < 1.29 is 19.3 Å². The summed E-state index contributed by atoms with van der Waals surface area (Å²) in [4.78, 5) is 32.7. The van der Waals surface area contributed by atoms with Gasteiger partial charge in [0, 0.05) is 6.42 Å². The van der Waals surface area contributed by atoms with Crippen LogP contribution >= 0.6 is 0 Å². The SMILES string of the molecule is CCCCCCCON(OC(=O)CCCCCCC)C(N)=O. The van der Waals surface area contributed by atoms with Gasteiger partial charge in [0.15, 0.2) is 0 Å². The summed E-state index contributed by atoms with van der Waals surface area (Å²) in [5.41, 5.74) is 5.13. The molecule has 0 unspecified atom stereocenters. The van der Waals surface area contributed by atoms with E-state index in [-0.39, 0.29) is 6.42 Å². The first kappa shape index (κ1) is 20.7. The highest BCUT2D eigenvalue weighted by Crippen LogP contribution is 2.08. The van der Waals surface area contributed by atoms with E-state index in [9.17, 15) is 9.59 Å². The van der Waals surface area contributed by atoms with Crippen molar-refractivity contribution in [2.24, 2.45) is 5.73 Å². The van der Waals surface area contributed by atoms with Gasteiger partial charge in [-0.3, -0.25) is 0 Å². The van der Waals surface area contributed by atoms with Crippen molar-refractivity contribution in [1.82, 2.24) is 5.23 Å². The van der Waals surface area contributed by atoms with Gasteiger partial charge in [-0.15, -0.1) is 0 Å². The molecule has 0 bridgehead atoms. The number of carbonyl (C=O) groups excluding carboxylic acids is 2. The Balaban J connectivity index is 3.78. The quantitative estimate of drug-likeness (QED) is 0.410. The van der Waals surface area contributed by atoms with Gasteiger partial charge in [0.05, 0.1) is 6.61 Å². The van der Waals surface area contributed by atoms with Crippen LogP contribution in [-0.2, 0) is 14.5 Å². The minimum Gasteiger partial charge on any atom is -0.347 e. The van der Waals surface area contributed by atoms with E-state index in [4.69, 9.17) is 15.4 Å². The Bertz CT molecular complexity index is 298. The second-order valence-corrected chi connectivity index (χ2v) is 5.47. The van der Waals surface area contributed by atoms with Crippen LogP contribution in [0.25, 0.3) is 0 Å². The molecule has 0 aromatic carbocycles. The van der Waals surface area contributed by atoms with E-state index in [0.717, 1.165) is 44.9 Å². The van der Waals surface area contributed by atoms with Crippen molar-refractivity contribution in [3.63, 3.8) is 0 Å². The van der Waals surface area contributed by atoms with E-state index in [1.807, 2.05) is 0 Å². The predicted molar refractivity (Wildman–Crippen MR) is 85.6 cm³/mol. The fourth-order valence-electron chi connectivity index (χ4n) is 2.00. The lowest BCUT2D eigenvalue weighted by Crippen LogP contribution is -2.38. The van der Waals surface area contributed by atoms with Gasteiger partial charge in [0.2, 0.25) is 0 Å². The lowest BCUT2D eigenvalue weighted by molar-refractivity contribution is -0.306. The second kappa shape index (κ2) is 14.6. The number of nitrogens with two attached hydrogens (primary N) is 1. The minimum atomic E-state index is -0.909. The Morgan fingerprint density at radius 2 is 1.41 bits per heavy atom. The van der Waals surface area contributed by atoms with Crippen LogP contribution in [0.5, 0.6) is 0 Å². The van der Waals surface area contributed by atoms with Gasteiger partial charge in [-0.05, 0) is 18.1 Å². The van der Waals surface area contributed by atoms with Gasteiger partial charge < -0.3 is 10.6 Å². The molecule has 0 atom stereocenters. The zero-order valence-electron chi connectivity index (χ0n) is 14.1. The number of amides is 2. The topological polar surface area (TPSA) is 81.9 Å². The maximum absolute atomic E-state index is 11.6. The van der Waals surface area contributed by atoms with Gasteiger partial charge >= 0.3 is 12.0 Å². The molecule has 0 aromatic heterocycles. The van der Waals surface area contributed by atoms with Crippen molar-refractivity contribution >= 4 is 12.0 Å². The van der Waals surface area contributed by atoms with E-state index in [1.54, 1.807) is 0 Å². The van der Waals surface area contributed by atoms with Crippen molar-refractivity contribution in [1.29, 1.82) is 0 Å². The number of hydroxylamine groups is 2. The Morgan fingerprint density at radius 1 is 0.864 bits per heavy atom. The van der Waals surface area contributed by atoms with Gasteiger partial charge in [-0.2, -0.15) is 0 Å². The Labute approximate surface area is 134 Å². The summed E-state index contributed by atoms with van der Waals surface area (Å²) in [6.45, 7) is 4.60. The number of nitrogens with zero attached hydrogens (tertiary/aromatic N) is 1. The highest BCUT2D eigenvalue weighted by molar-refractivity contribution is 5.74. The number of rotatable bonds is 13. The van der Waals surface area contributed by atoms with E-state index in [1.165, 1.54) is 19.3 Å². The summed E-state index contributed by atoms with van der Waals surface area (Å²) in [5, 5.41) is 0.508. The molecule has 0 aliphatic rings. The lowest BCUT2D eigenvalue weighted by Gasteiger charge is -2.17. The molecule has 0 radical (unpaired) electrons. The molecule has 0 rings (SSSR count). The van der Waals surface area contributed by atoms with Crippen LogP contribution in [0.2, 0.25) is 0 Å². The van der Waals surface area contributed by atoms with Crippen molar-refractivity contribution in [3.8, 4) is 0 Å². The molecule has 6 nitrogen and oxygen atoms in total. The molecule has 0 aromatic rings. The molecule has 22 heavy (non-hydrogen) atoms. The van der Waals surface area contributed by atoms with Crippen LogP contribution < -0.4 is 5.73 Å². The molecule has 0 heterocycles. The standard InChI is InChI=1S/C16H32N2O4/c1-3-5-7-9-11-13-15(19)22-18(16(17)20)21-14-12-10-8-6-4-2/h3-14H2,1-2H3,(H2,17,20). The fourth-order valence-corrected chi connectivity index (χ4v) is 2.00. The molecule has 0 saturated heterocycles. The number of hydrogen-bond donors (Lipinski definition) is 1.